The summed E-state index contributed by atoms with van der Waals surface area (Å²) >= 11 is 0. The number of ether oxygens (including phenoxy) is 5. The Hall–Kier alpha value is -3.94. The lowest BCUT2D eigenvalue weighted by atomic mass is 10.2. The lowest BCUT2D eigenvalue weighted by molar-refractivity contribution is -0.385. The highest BCUT2D eigenvalue weighted by Crippen LogP contribution is 2.14. The van der Waals surface area contributed by atoms with Gasteiger partial charge in [0.25, 0.3) is 11.4 Å². The average molecular weight is 492 g/mol. The molecular formula is C22H24N2O11. The zero-order valence-corrected chi connectivity index (χ0v) is 18.7. The topological polar surface area (TPSA) is 167 Å². The van der Waals surface area contributed by atoms with Crippen LogP contribution in [-0.2, 0) is 23.7 Å². The van der Waals surface area contributed by atoms with Gasteiger partial charge in [0.05, 0.1) is 60.6 Å². The van der Waals surface area contributed by atoms with Crippen molar-refractivity contribution in [3.05, 3.63) is 79.9 Å². The number of nitro groups is 2. The SMILES string of the molecule is O=C(OCCOCCOCCOCCOC(=O)c1cccc([N+](=O)[O-])c1)c1cccc([N+](=O)[O-])c1. The molecule has 0 bridgehead atoms. The summed E-state index contributed by atoms with van der Waals surface area (Å²) in [6, 6.07) is 10.5. The molecule has 0 radical (unpaired) electrons. The van der Waals surface area contributed by atoms with Gasteiger partial charge >= 0.3 is 11.9 Å². The quantitative estimate of drug-likeness (QED) is 0.146. The van der Waals surface area contributed by atoms with Crippen LogP contribution in [0, 0.1) is 20.2 Å². The first kappa shape index (κ1) is 27.3. The van der Waals surface area contributed by atoms with Crippen LogP contribution < -0.4 is 0 Å². The highest BCUT2D eigenvalue weighted by atomic mass is 16.6. The maximum Gasteiger partial charge on any atom is 0.338 e. The first-order valence-corrected chi connectivity index (χ1v) is 10.4. The second kappa shape index (κ2) is 15.1. The van der Waals surface area contributed by atoms with Crippen LogP contribution in [0.3, 0.4) is 0 Å². The molecule has 13 heteroatoms. The van der Waals surface area contributed by atoms with Crippen molar-refractivity contribution in [2.45, 2.75) is 0 Å². The Labute approximate surface area is 199 Å². The van der Waals surface area contributed by atoms with Crippen molar-refractivity contribution in [1.82, 2.24) is 0 Å². The van der Waals surface area contributed by atoms with Crippen molar-refractivity contribution in [2.24, 2.45) is 0 Å². The molecule has 188 valence electrons. The number of hydrogen-bond acceptors (Lipinski definition) is 11. The van der Waals surface area contributed by atoms with Gasteiger partial charge in [0.1, 0.15) is 13.2 Å². The molecule has 0 saturated carbocycles. The zero-order valence-electron chi connectivity index (χ0n) is 18.7. The summed E-state index contributed by atoms with van der Waals surface area (Å²) in [5.74, 6) is -1.36. The smallest absolute Gasteiger partial charge is 0.338 e. The highest BCUT2D eigenvalue weighted by Gasteiger charge is 2.13. The van der Waals surface area contributed by atoms with Gasteiger partial charge in [-0.2, -0.15) is 0 Å². The van der Waals surface area contributed by atoms with Crippen molar-refractivity contribution in [1.29, 1.82) is 0 Å². The predicted octanol–water partition coefficient (Wildman–Crippen LogP) is 2.57. The lowest BCUT2D eigenvalue weighted by Crippen LogP contribution is -2.15. The van der Waals surface area contributed by atoms with E-state index in [0.717, 1.165) is 12.1 Å². The van der Waals surface area contributed by atoms with Crippen molar-refractivity contribution in [3.8, 4) is 0 Å². The molecule has 0 aliphatic heterocycles. The lowest BCUT2D eigenvalue weighted by Gasteiger charge is -2.08. The van der Waals surface area contributed by atoms with Crippen molar-refractivity contribution >= 4 is 23.3 Å². The minimum atomic E-state index is -0.679. The van der Waals surface area contributed by atoms with Crippen molar-refractivity contribution in [3.63, 3.8) is 0 Å². The van der Waals surface area contributed by atoms with E-state index in [1.54, 1.807) is 0 Å². The summed E-state index contributed by atoms with van der Waals surface area (Å²) < 4.78 is 25.8. The Bertz CT molecular complexity index is 933. The highest BCUT2D eigenvalue weighted by molar-refractivity contribution is 5.90. The standard InChI is InChI=1S/C22H24N2O11/c25-21(17-3-1-5-19(15-17)23(27)28)34-13-11-32-9-7-31-8-10-33-12-14-35-22(26)18-4-2-6-20(16-18)24(29)30/h1-6,15-16H,7-14H2. The summed E-state index contributed by atoms with van der Waals surface area (Å²) in [6.07, 6.45) is 0. The van der Waals surface area contributed by atoms with E-state index < -0.39 is 21.8 Å². The van der Waals surface area contributed by atoms with Crippen molar-refractivity contribution in [2.75, 3.05) is 52.9 Å². The molecule has 13 nitrogen and oxygen atoms in total. The fourth-order valence-electron chi connectivity index (χ4n) is 2.59. The Morgan fingerprint density at radius 3 is 1.29 bits per heavy atom. The molecular weight excluding hydrogens is 468 g/mol. The van der Waals surface area contributed by atoms with Crippen LogP contribution in [0.1, 0.15) is 20.7 Å². The number of rotatable bonds is 16. The third-order valence-corrected chi connectivity index (χ3v) is 4.25. The monoisotopic (exact) mass is 492 g/mol. The predicted molar refractivity (Wildman–Crippen MR) is 119 cm³/mol. The Balaban J connectivity index is 1.43. The van der Waals surface area contributed by atoms with E-state index in [4.69, 9.17) is 23.7 Å². The summed E-state index contributed by atoms with van der Waals surface area (Å²) in [4.78, 5) is 44.0. The number of carbonyl (C=O) groups is 2. The summed E-state index contributed by atoms with van der Waals surface area (Å²) in [5, 5.41) is 21.5. The van der Waals surface area contributed by atoms with Gasteiger partial charge in [-0.25, -0.2) is 9.59 Å². The molecule has 2 rings (SSSR count). The molecule has 0 unspecified atom stereocenters. The second-order valence-corrected chi connectivity index (χ2v) is 6.72. The minimum Gasteiger partial charge on any atom is -0.460 e. The number of nitro benzene ring substituents is 2. The molecule has 0 aliphatic rings. The van der Waals surface area contributed by atoms with Gasteiger partial charge in [0, 0.05) is 24.3 Å². The van der Waals surface area contributed by atoms with Gasteiger partial charge in [-0.15, -0.1) is 0 Å². The second-order valence-electron chi connectivity index (χ2n) is 6.72. The number of non-ortho nitro benzene ring substituents is 2. The minimum absolute atomic E-state index is 0.0142. The van der Waals surface area contributed by atoms with Crippen LogP contribution in [0.4, 0.5) is 11.4 Å². The molecule has 0 heterocycles. The summed E-state index contributed by atoms with van der Waals surface area (Å²) in [5.41, 5.74) is -0.223. The van der Waals surface area contributed by atoms with E-state index in [1.165, 1.54) is 36.4 Å². The fourth-order valence-corrected chi connectivity index (χ4v) is 2.59. The molecule has 2 aromatic rings. The third-order valence-electron chi connectivity index (χ3n) is 4.25. The van der Waals surface area contributed by atoms with Gasteiger partial charge in [0.2, 0.25) is 0 Å². The number of carbonyl (C=O) groups excluding carboxylic acids is 2. The maximum absolute atomic E-state index is 11.9. The summed E-state index contributed by atoms with van der Waals surface area (Å²) in [7, 11) is 0. The molecule has 0 atom stereocenters. The first-order chi connectivity index (χ1) is 16.9. The number of benzene rings is 2. The van der Waals surface area contributed by atoms with E-state index in [2.05, 4.69) is 0 Å². The van der Waals surface area contributed by atoms with Crippen LogP contribution >= 0.6 is 0 Å². The van der Waals surface area contributed by atoms with Gasteiger partial charge in [0.15, 0.2) is 0 Å². The molecule has 35 heavy (non-hydrogen) atoms. The van der Waals surface area contributed by atoms with Crippen LogP contribution in [0.2, 0.25) is 0 Å². The summed E-state index contributed by atoms with van der Waals surface area (Å²) in [6.45, 7) is 1.32. The average Bonchev–Trinajstić information content (AvgIpc) is 2.86. The third kappa shape index (κ3) is 10.2. The molecule has 0 aromatic heterocycles. The van der Waals surface area contributed by atoms with Crippen molar-refractivity contribution < 1.29 is 43.1 Å². The Kier molecular flexibility index (Phi) is 11.7. The van der Waals surface area contributed by atoms with E-state index in [0.29, 0.717) is 0 Å². The first-order valence-electron chi connectivity index (χ1n) is 10.4. The zero-order chi connectivity index (χ0) is 25.5. The Morgan fingerprint density at radius 2 is 0.943 bits per heavy atom. The largest absolute Gasteiger partial charge is 0.460 e. The molecule has 0 amide bonds. The van der Waals surface area contributed by atoms with Gasteiger partial charge in [-0.05, 0) is 12.1 Å². The van der Waals surface area contributed by atoms with Gasteiger partial charge < -0.3 is 23.7 Å². The number of esters is 2. The molecule has 0 N–H and O–H groups in total. The number of hydrogen-bond donors (Lipinski definition) is 0. The van der Waals surface area contributed by atoms with Gasteiger partial charge in [-0.3, -0.25) is 20.2 Å². The molecule has 0 spiro atoms. The molecule has 2 aromatic carbocycles. The Morgan fingerprint density at radius 1 is 0.600 bits per heavy atom. The van der Waals surface area contributed by atoms with E-state index in [-0.39, 0.29) is 75.4 Å². The van der Waals surface area contributed by atoms with Crippen LogP contribution in [0.15, 0.2) is 48.5 Å². The van der Waals surface area contributed by atoms with Crippen LogP contribution in [0.5, 0.6) is 0 Å². The van der Waals surface area contributed by atoms with E-state index >= 15 is 0 Å². The van der Waals surface area contributed by atoms with Crippen LogP contribution in [-0.4, -0.2) is 74.6 Å². The molecule has 0 aliphatic carbocycles. The fraction of sp³-hybridized carbons (Fsp3) is 0.364. The molecule has 0 saturated heterocycles. The van der Waals surface area contributed by atoms with Crippen LogP contribution in [0.25, 0.3) is 0 Å². The maximum atomic E-state index is 11.9. The normalized spacial score (nSPS) is 10.5. The number of nitrogens with zero attached hydrogens (tertiary/aromatic N) is 2. The van der Waals surface area contributed by atoms with E-state index in [9.17, 15) is 29.8 Å². The molecule has 0 fully saturated rings. The van der Waals surface area contributed by atoms with Gasteiger partial charge in [-0.1, -0.05) is 12.1 Å². The van der Waals surface area contributed by atoms with E-state index in [1.807, 2.05) is 0 Å².